The number of carbonyl (C=O) groups is 1. The lowest BCUT2D eigenvalue weighted by Gasteiger charge is -2.49. The minimum absolute atomic E-state index is 0.0838. The second kappa shape index (κ2) is 7.67. The fourth-order valence-electron chi connectivity index (χ4n) is 6.45. The second-order valence-corrected chi connectivity index (χ2v) is 9.80. The monoisotopic (exact) mass is 436 g/mol. The number of carboxylic acids is 1. The number of aromatic carboxylic acids is 1. The van der Waals surface area contributed by atoms with Crippen molar-refractivity contribution in [2.24, 2.45) is 27.5 Å². The maximum Gasteiger partial charge on any atom is 0.335 e. The number of aliphatic hydroxyl groups excluding tert-OH is 2. The molecule has 7 heteroatoms. The lowest BCUT2D eigenvalue weighted by atomic mass is 9.55. The Bertz CT molecular complexity index is 1080. The predicted octanol–water partition coefficient (Wildman–Crippen LogP) is 4.69. The van der Waals surface area contributed by atoms with Crippen LogP contribution in [0.1, 0.15) is 60.0 Å². The van der Waals surface area contributed by atoms with Crippen LogP contribution in [-0.4, -0.2) is 38.6 Å². The molecule has 5 rings (SSSR count). The molecular formula is C25H28N2O5. The number of rotatable bonds is 3. The normalized spacial score (nSPS) is 33.5. The number of aliphatic hydroxyl groups is 2. The molecule has 3 unspecified atom stereocenters. The Balaban J connectivity index is 1.43. The molecule has 0 aromatic heterocycles. The van der Waals surface area contributed by atoms with Gasteiger partial charge in [-0.1, -0.05) is 6.92 Å². The second-order valence-electron chi connectivity index (χ2n) is 9.80. The SMILES string of the molecule is C[C@]12CCC3c4cc(N=Nc5ccc(C(=O)O)cc5)c(O)cc4CCC3C1C[C@@H](O)[C@@H]2O. The van der Waals surface area contributed by atoms with Crippen molar-refractivity contribution in [1.82, 2.24) is 0 Å². The van der Waals surface area contributed by atoms with Crippen molar-refractivity contribution in [1.29, 1.82) is 0 Å². The van der Waals surface area contributed by atoms with Crippen LogP contribution in [0.4, 0.5) is 11.4 Å². The van der Waals surface area contributed by atoms with Crippen molar-refractivity contribution in [2.75, 3.05) is 0 Å². The van der Waals surface area contributed by atoms with E-state index in [0.717, 1.165) is 31.2 Å². The number of aromatic hydroxyl groups is 1. The summed E-state index contributed by atoms with van der Waals surface area (Å²) in [5.74, 6) is 0.0809. The van der Waals surface area contributed by atoms with Crippen molar-refractivity contribution < 1.29 is 25.2 Å². The van der Waals surface area contributed by atoms with Crippen LogP contribution in [0.25, 0.3) is 0 Å². The molecule has 2 saturated carbocycles. The van der Waals surface area contributed by atoms with Gasteiger partial charge in [-0.15, -0.1) is 5.11 Å². The van der Waals surface area contributed by atoms with Crippen LogP contribution < -0.4 is 0 Å². The van der Waals surface area contributed by atoms with Crippen LogP contribution in [0.15, 0.2) is 46.6 Å². The predicted molar refractivity (Wildman–Crippen MR) is 118 cm³/mol. The number of azo groups is 1. The van der Waals surface area contributed by atoms with Crippen molar-refractivity contribution in [3.8, 4) is 5.75 Å². The molecule has 4 N–H and O–H groups in total. The molecule has 0 radical (unpaired) electrons. The van der Waals surface area contributed by atoms with E-state index in [2.05, 4.69) is 17.2 Å². The number of fused-ring (bicyclic) bond motifs is 5. The van der Waals surface area contributed by atoms with Crippen LogP contribution in [0, 0.1) is 17.3 Å². The zero-order chi connectivity index (χ0) is 22.6. The van der Waals surface area contributed by atoms with E-state index in [1.165, 1.54) is 17.7 Å². The van der Waals surface area contributed by atoms with Gasteiger partial charge in [0.1, 0.15) is 11.4 Å². The first-order valence-corrected chi connectivity index (χ1v) is 11.2. The van der Waals surface area contributed by atoms with Gasteiger partial charge in [0.25, 0.3) is 0 Å². The molecule has 2 aromatic rings. The first kappa shape index (κ1) is 21.1. The maximum absolute atomic E-state index is 11.0. The smallest absolute Gasteiger partial charge is 0.335 e. The molecule has 0 amide bonds. The third-order valence-electron chi connectivity index (χ3n) is 8.18. The Morgan fingerprint density at radius 3 is 2.56 bits per heavy atom. The van der Waals surface area contributed by atoms with Gasteiger partial charge >= 0.3 is 5.97 Å². The Morgan fingerprint density at radius 2 is 1.84 bits per heavy atom. The standard InChI is InChI=1S/C25H28N2O5/c1-25-9-8-16-17(19(25)12-22(29)23(25)30)7-4-14-10-21(28)20(11-18(14)16)27-26-15-5-2-13(3-6-15)24(31)32/h2-3,5-6,10-11,16-17,19,22-23,28-30H,4,7-9,12H2,1H3,(H,31,32)/t16?,17?,19?,22-,23+,25+/m1/s1. The number of benzene rings is 2. The molecule has 6 atom stereocenters. The molecule has 3 aliphatic carbocycles. The minimum Gasteiger partial charge on any atom is -0.506 e. The van der Waals surface area contributed by atoms with Crippen LogP contribution in [0.3, 0.4) is 0 Å². The number of phenols is 1. The molecule has 0 aliphatic heterocycles. The Morgan fingerprint density at radius 1 is 1.09 bits per heavy atom. The summed E-state index contributed by atoms with van der Waals surface area (Å²) in [4.78, 5) is 11.0. The van der Waals surface area contributed by atoms with Crippen LogP contribution in [0.5, 0.6) is 5.75 Å². The van der Waals surface area contributed by atoms with E-state index >= 15 is 0 Å². The summed E-state index contributed by atoms with van der Waals surface area (Å²) < 4.78 is 0. The highest BCUT2D eigenvalue weighted by molar-refractivity contribution is 5.87. The van der Waals surface area contributed by atoms with Gasteiger partial charge in [-0.2, -0.15) is 5.11 Å². The summed E-state index contributed by atoms with van der Waals surface area (Å²) in [5.41, 5.74) is 3.17. The van der Waals surface area contributed by atoms with E-state index in [9.17, 15) is 20.1 Å². The highest BCUT2D eigenvalue weighted by Crippen LogP contribution is 2.61. The van der Waals surface area contributed by atoms with Crippen LogP contribution in [0.2, 0.25) is 0 Å². The third-order valence-corrected chi connectivity index (χ3v) is 8.18. The Labute approximate surface area is 186 Å². The summed E-state index contributed by atoms with van der Waals surface area (Å²) in [5, 5.41) is 48.9. The first-order chi connectivity index (χ1) is 15.3. The average molecular weight is 437 g/mol. The maximum atomic E-state index is 11.0. The molecule has 32 heavy (non-hydrogen) atoms. The molecule has 0 heterocycles. The van der Waals surface area contributed by atoms with Gasteiger partial charge in [0.2, 0.25) is 0 Å². The summed E-state index contributed by atoms with van der Waals surface area (Å²) in [6, 6.07) is 9.82. The number of phenolic OH excluding ortho intramolecular Hbond substituents is 1. The molecule has 7 nitrogen and oxygen atoms in total. The summed E-state index contributed by atoms with van der Waals surface area (Å²) in [6.45, 7) is 2.12. The first-order valence-electron chi connectivity index (χ1n) is 11.2. The highest BCUT2D eigenvalue weighted by Gasteiger charge is 2.57. The molecular weight excluding hydrogens is 408 g/mol. The molecule has 0 saturated heterocycles. The molecule has 168 valence electrons. The van der Waals surface area contributed by atoms with Crippen LogP contribution >= 0.6 is 0 Å². The van der Waals surface area contributed by atoms with Gasteiger partial charge in [0, 0.05) is 0 Å². The lowest BCUT2D eigenvalue weighted by molar-refractivity contribution is -0.0505. The van der Waals surface area contributed by atoms with Crippen molar-refractivity contribution in [3.05, 3.63) is 53.1 Å². The number of hydrogen-bond acceptors (Lipinski definition) is 6. The van der Waals surface area contributed by atoms with E-state index in [4.69, 9.17) is 5.11 Å². The number of carboxylic acid groups (broad SMARTS) is 1. The topological polar surface area (TPSA) is 123 Å². The Hall–Kier alpha value is -2.77. The Kier molecular flexibility index (Phi) is 5.06. The zero-order valence-electron chi connectivity index (χ0n) is 18.0. The van der Waals surface area contributed by atoms with E-state index in [1.54, 1.807) is 18.2 Å². The summed E-state index contributed by atoms with van der Waals surface area (Å²) in [6.07, 6.45) is 2.99. The third kappa shape index (κ3) is 3.31. The van der Waals surface area contributed by atoms with Crippen molar-refractivity contribution >= 4 is 17.3 Å². The number of aryl methyl sites for hydroxylation is 1. The van der Waals surface area contributed by atoms with Gasteiger partial charge in [0.15, 0.2) is 0 Å². The van der Waals surface area contributed by atoms with Gasteiger partial charge in [0.05, 0.1) is 23.5 Å². The number of nitrogens with zero attached hydrogens (tertiary/aromatic N) is 2. The average Bonchev–Trinajstić information content (AvgIpc) is 3.01. The van der Waals surface area contributed by atoms with E-state index in [1.807, 2.05) is 6.07 Å². The number of hydrogen-bond donors (Lipinski definition) is 4. The van der Waals surface area contributed by atoms with Gasteiger partial charge in [-0.25, -0.2) is 4.79 Å². The fraction of sp³-hybridized carbons (Fsp3) is 0.480. The quantitative estimate of drug-likeness (QED) is 0.520. The van der Waals surface area contributed by atoms with Gasteiger partial charge in [-0.05, 0) is 103 Å². The molecule has 3 aliphatic rings. The molecule has 2 aromatic carbocycles. The van der Waals surface area contributed by atoms with Gasteiger partial charge < -0.3 is 20.4 Å². The van der Waals surface area contributed by atoms with Crippen molar-refractivity contribution in [2.45, 2.75) is 57.2 Å². The molecule has 2 fully saturated rings. The largest absolute Gasteiger partial charge is 0.506 e. The highest BCUT2D eigenvalue weighted by atomic mass is 16.4. The zero-order valence-corrected chi connectivity index (χ0v) is 18.0. The summed E-state index contributed by atoms with van der Waals surface area (Å²) in [7, 11) is 0. The van der Waals surface area contributed by atoms with Crippen molar-refractivity contribution in [3.63, 3.8) is 0 Å². The fourth-order valence-corrected chi connectivity index (χ4v) is 6.45. The van der Waals surface area contributed by atoms with Gasteiger partial charge in [-0.3, -0.25) is 0 Å². The van der Waals surface area contributed by atoms with E-state index in [0.29, 0.717) is 29.6 Å². The van der Waals surface area contributed by atoms with E-state index < -0.39 is 18.2 Å². The molecule has 0 bridgehead atoms. The van der Waals surface area contributed by atoms with E-state index in [-0.39, 0.29) is 22.6 Å². The molecule has 0 spiro atoms. The lowest BCUT2D eigenvalue weighted by Crippen LogP contribution is -2.44. The van der Waals surface area contributed by atoms with Crippen LogP contribution in [-0.2, 0) is 6.42 Å². The minimum atomic E-state index is -0.999. The summed E-state index contributed by atoms with van der Waals surface area (Å²) >= 11 is 0.